The van der Waals surface area contributed by atoms with Gasteiger partial charge in [0.25, 0.3) is 0 Å². The number of carboxylic acids is 1. The van der Waals surface area contributed by atoms with Crippen LogP contribution in [-0.2, 0) is 4.79 Å². The molecule has 0 aromatic rings. The lowest BCUT2D eigenvalue weighted by molar-refractivity contribution is -0.132. The van der Waals surface area contributed by atoms with Crippen LogP contribution < -0.4 is 0 Å². The molecule has 0 aliphatic heterocycles. The molecule has 2 nitrogen and oxygen atoms in total. The second kappa shape index (κ2) is 4.97. The Bertz CT molecular complexity index is 263. The molecule has 0 aromatic heterocycles. The first-order valence-corrected chi connectivity index (χ1v) is 9.01. The van der Waals surface area contributed by atoms with E-state index in [2.05, 4.69) is 18.8 Å². The van der Waals surface area contributed by atoms with Crippen molar-refractivity contribution in [1.82, 2.24) is 0 Å². The Morgan fingerprint density at radius 2 is 1.80 bits per heavy atom. The summed E-state index contributed by atoms with van der Waals surface area (Å²) in [6.07, 6.45) is 6.65. The third-order valence-electron chi connectivity index (χ3n) is 3.58. The molecular weight excluding hydrogens is 204 g/mol. The van der Waals surface area contributed by atoms with Gasteiger partial charge in [-0.05, 0) is 12.5 Å². The normalized spacial score (nSPS) is 20.3. The molecule has 0 heterocycles. The van der Waals surface area contributed by atoms with Crippen molar-refractivity contribution >= 4 is 14.0 Å². The Kier molecular flexibility index (Phi) is 4.14. The predicted octanol–water partition coefficient (Wildman–Crippen LogP) is 3.60. The lowest BCUT2D eigenvalue weighted by atomic mass is 10.0. The molecular formula is C12H22O2Si. The molecule has 0 saturated heterocycles. The van der Waals surface area contributed by atoms with Gasteiger partial charge in [-0.1, -0.05) is 50.9 Å². The maximum Gasteiger partial charge on any atom is 0.330 e. The van der Waals surface area contributed by atoms with E-state index in [9.17, 15) is 4.79 Å². The van der Waals surface area contributed by atoms with E-state index in [-0.39, 0.29) is 0 Å². The second-order valence-electron chi connectivity index (χ2n) is 5.29. The summed E-state index contributed by atoms with van der Waals surface area (Å²) in [7, 11) is -1.47. The molecule has 1 aliphatic rings. The molecule has 0 amide bonds. The molecule has 0 unspecified atom stereocenters. The molecule has 3 heteroatoms. The molecule has 0 atom stereocenters. The average Bonchev–Trinajstić information content (AvgIpc) is 2.18. The Labute approximate surface area is 93.4 Å². The van der Waals surface area contributed by atoms with Gasteiger partial charge in [0, 0.05) is 5.57 Å². The van der Waals surface area contributed by atoms with Gasteiger partial charge in [-0.25, -0.2) is 4.79 Å². The zero-order valence-electron chi connectivity index (χ0n) is 10.0. The van der Waals surface area contributed by atoms with Crippen LogP contribution in [0.2, 0.25) is 18.6 Å². The van der Waals surface area contributed by atoms with Crippen LogP contribution in [0.25, 0.3) is 0 Å². The van der Waals surface area contributed by atoms with Crippen LogP contribution in [0.15, 0.2) is 11.3 Å². The van der Waals surface area contributed by atoms with E-state index in [0.717, 1.165) is 5.54 Å². The van der Waals surface area contributed by atoms with Crippen LogP contribution in [-0.4, -0.2) is 19.1 Å². The first-order chi connectivity index (χ1) is 6.93. The van der Waals surface area contributed by atoms with Crippen molar-refractivity contribution in [3.05, 3.63) is 11.3 Å². The number of carboxylic acid groups (broad SMARTS) is 1. The van der Waals surface area contributed by atoms with Gasteiger partial charge in [-0.3, -0.25) is 0 Å². The Balaban J connectivity index is 2.72. The third-order valence-corrected chi connectivity index (χ3v) is 7.44. The summed E-state index contributed by atoms with van der Waals surface area (Å²) in [4.78, 5) is 10.8. The highest BCUT2D eigenvalue weighted by Crippen LogP contribution is 2.37. The average molecular weight is 226 g/mol. The summed E-state index contributed by atoms with van der Waals surface area (Å²) in [5.41, 5.74) is 3.41. The summed E-state index contributed by atoms with van der Waals surface area (Å²) >= 11 is 0. The van der Waals surface area contributed by atoms with E-state index in [1.807, 2.05) is 0 Å². The molecule has 86 valence electrons. The van der Waals surface area contributed by atoms with Crippen molar-refractivity contribution in [1.29, 1.82) is 0 Å². The SMILES string of the molecule is CC(=C[Si](C)(C)C1CCCCC1)C(=O)O. The minimum absolute atomic E-state index is 0.539. The summed E-state index contributed by atoms with van der Waals surface area (Å²) in [5.74, 6) is -0.758. The summed E-state index contributed by atoms with van der Waals surface area (Å²) in [6.45, 7) is 6.32. The monoisotopic (exact) mass is 226 g/mol. The largest absolute Gasteiger partial charge is 0.478 e. The number of hydrogen-bond acceptors (Lipinski definition) is 1. The van der Waals surface area contributed by atoms with E-state index >= 15 is 0 Å². The highest BCUT2D eigenvalue weighted by molar-refractivity contribution is 6.83. The highest BCUT2D eigenvalue weighted by Gasteiger charge is 2.31. The zero-order valence-corrected chi connectivity index (χ0v) is 11.0. The maximum atomic E-state index is 10.8. The summed E-state index contributed by atoms with van der Waals surface area (Å²) in [6, 6.07) is 0. The van der Waals surface area contributed by atoms with Gasteiger partial charge in [-0.2, -0.15) is 0 Å². The molecule has 1 N–H and O–H groups in total. The van der Waals surface area contributed by atoms with Gasteiger partial charge in [0.15, 0.2) is 0 Å². The van der Waals surface area contributed by atoms with E-state index < -0.39 is 14.0 Å². The van der Waals surface area contributed by atoms with Crippen molar-refractivity contribution in [3.63, 3.8) is 0 Å². The summed E-state index contributed by atoms with van der Waals surface area (Å²) in [5, 5.41) is 8.90. The molecule has 0 spiro atoms. The smallest absolute Gasteiger partial charge is 0.330 e. The first kappa shape index (κ1) is 12.5. The van der Waals surface area contributed by atoms with Gasteiger partial charge >= 0.3 is 5.97 Å². The van der Waals surface area contributed by atoms with Crippen molar-refractivity contribution in [2.75, 3.05) is 0 Å². The Morgan fingerprint density at radius 3 is 2.27 bits per heavy atom. The summed E-state index contributed by atoms with van der Waals surface area (Å²) < 4.78 is 0. The Morgan fingerprint density at radius 1 is 1.27 bits per heavy atom. The lowest BCUT2D eigenvalue weighted by Crippen LogP contribution is -2.32. The fourth-order valence-electron chi connectivity index (χ4n) is 2.58. The first-order valence-electron chi connectivity index (χ1n) is 5.86. The van der Waals surface area contributed by atoms with Crippen molar-refractivity contribution in [3.8, 4) is 0 Å². The molecule has 0 aromatic carbocycles. The minimum Gasteiger partial charge on any atom is -0.478 e. The number of rotatable bonds is 3. The number of aliphatic carboxylic acids is 1. The van der Waals surface area contributed by atoms with Gasteiger partial charge in [0.1, 0.15) is 0 Å². The fourth-order valence-corrected chi connectivity index (χ4v) is 5.96. The van der Waals surface area contributed by atoms with Crippen molar-refractivity contribution < 1.29 is 9.90 Å². The van der Waals surface area contributed by atoms with E-state index in [4.69, 9.17) is 5.11 Å². The topological polar surface area (TPSA) is 37.3 Å². The number of hydrogen-bond donors (Lipinski definition) is 1. The molecule has 1 rings (SSSR count). The van der Waals surface area contributed by atoms with Crippen LogP contribution in [0.3, 0.4) is 0 Å². The third kappa shape index (κ3) is 3.49. The molecule has 0 radical (unpaired) electrons. The zero-order chi connectivity index (χ0) is 11.5. The van der Waals surface area contributed by atoms with Gasteiger partial charge in [0.05, 0.1) is 8.07 Å². The standard InChI is InChI=1S/C12H22O2Si/c1-10(12(13)14)9-15(2,3)11-7-5-4-6-8-11/h9,11H,4-8H2,1-3H3,(H,13,14). The quantitative estimate of drug-likeness (QED) is 0.590. The van der Waals surface area contributed by atoms with Crippen LogP contribution in [0.5, 0.6) is 0 Å². The molecule has 0 bridgehead atoms. The van der Waals surface area contributed by atoms with Crippen molar-refractivity contribution in [2.45, 2.75) is 57.7 Å². The van der Waals surface area contributed by atoms with Crippen LogP contribution >= 0.6 is 0 Å². The lowest BCUT2D eigenvalue weighted by Gasteiger charge is -2.33. The maximum absolute atomic E-state index is 10.8. The molecule has 15 heavy (non-hydrogen) atoms. The fraction of sp³-hybridized carbons (Fsp3) is 0.750. The minimum atomic E-state index is -1.47. The predicted molar refractivity (Wildman–Crippen MR) is 65.7 cm³/mol. The van der Waals surface area contributed by atoms with E-state index in [1.54, 1.807) is 6.92 Å². The van der Waals surface area contributed by atoms with Crippen molar-refractivity contribution in [2.24, 2.45) is 0 Å². The molecule has 1 aliphatic carbocycles. The molecule has 1 fully saturated rings. The van der Waals surface area contributed by atoms with Gasteiger partial charge in [-0.15, -0.1) is 0 Å². The van der Waals surface area contributed by atoms with Crippen LogP contribution in [0, 0.1) is 0 Å². The van der Waals surface area contributed by atoms with E-state index in [0.29, 0.717) is 5.57 Å². The Hall–Kier alpha value is -0.573. The van der Waals surface area contributed by atoms with Crippen LogP contribution in [0.4, 0.5) is 0 Å². The van der Waals surface area contributed by atoms with Gasteiger partial charge < -0.3 is 5.11 Å². The van der Waals surface area contributed by atoms with Gasteiger partial charge in [0.2, 0.25) is 0 Å². The number of carbonyl (C=O) groups is 1. The second-order valence-corrected chi connectivity index (χ2v) is 10.0. The highest BCUT2D eigenvalue weighted by atomic mass is 28.3. The molecule has 1 saturated carbocycles. The van der Waals surface area contributed by atoms with E-state index in [1.165, 1.54) is 32.1 Å². The van der Waals surface area contributed by atoms with Crippen LogP contribution in [0.1, 0.15) is 39.0 Å².